The molecular formula is C22H17F2N3O2S. The smallest absolute Gasteiger partial charge is 0.287 e. The number of para-hydroxylation sites is 1. The molecule has 5 nitrogen and oxygen atoms in total. The quantitative estimate of drug-likeness (QED) is 0.474. The second-order valence-electron chi connectivity index (χ2n) is 7.25. The van der Waals surface area contributed by atoms with E-state index >= 15 is 0 Å². The van der Waals surface area contributed by atoms with Crippen molar-refractivity contribution >= 4 is 38.4 Å². The van der Waals surface area contributed by atoms with Gasteiger partial charge in [0.15, 0.2) is 6.10 Å². The minimum absolute atomic E-state index is 0.0358. The average Bonchev–Trinajstić information content (AvgIpc) is 3.22. The van der Waals surface area contributed by atoms with E-state index in [1.54, 1.807) is 35.8 Å². The summed E-state index contributed by atoms with van der Waals surface area (Å²) in [5, 5.41) is 0.898. The fourth-order valence-electron chi connectivity index (χ4n) is 3.61. The molecule has 8 heteroatoms. The van der Waals surface area contributed by atoms with Crippen LogP contribution >= 0.6 is 11.3 Å². The molecule has 30 heavy (non-hydrogen) atoms. The lowest BCUT2D eigenvalue weighted by molar-refractivity contribution is -0.131. The number of rotatable bonds is 3. The van der Waals surface area contributed by atoms with Crippen LogP contribution in [0.1, 0.15) is 16.8 Å². The SMILES string of the molecule is O=C(c1ccc2scnc2c1)N1CCC(F)(F)[C@@H](Oc2ccc3ccccc3n2)C1. The maximum absolute atomic E-state index is 14.6. The van der Waals surface area contributed by atoms with Gasteiger partial charge in [-0.15, -0.1) is 11.3 Å². The van der Waals surface area contributed by atoms with Crippen molar-refractivity contribution < 1.29 is 18.3 Å². The molecule has 2 aromatic heterocycles. The second-order valence-corrected chi connectivity index (χ2v) is 8.13. The Bertz CT molecular complexity index is 1240. The van der Waals surface area contributed by atoms with Crippen LogP contribution in [0.2, 0.25) is 0 Å². The molecule has 4 aromatic rings. The lowest BCUT2D eigenvalue weighted by Crippen LogP contribution is -2.55. The highest BCUT2D eigenvalue weighted by Gasteiger charge is 2.47. The fraction of sp³-hybridized carbons (Fsp3) is 0.227. The summed E-state index contributed by atoms with van der Waals surface area (Å²) in [7, 11) is 0. The number of nitrogens with zero attached hydrogens (tertiary/aromatic N) is 3. The molecule has 0 aliphatic carbocycles. The number of carbonyl (C=O) groups is 1. The van der Waals surface area contributed by atoms with Crippen LogP contribution < -0.4 is 4.74 Å². The number of carbonyl (C=O) groups excluding carboxylic acids is 1. The third-order valence-electron chi connectivity index (χ3n) is 5.27. The van der Waals surface area contributed by atoms with Gasteiger partial charge in [-0.1, -0.05) is 18.2 Å². The number of pyridine rings is 1. The van der Waals surface area contributed by atoms with Crippen LogP contribution in [0.25, 0.3) is 21.1 Å². The van der Waals surface area contributed by atoms with Crippen LogP contribution in [0.15, 0.2) is 60.1 Å². The number of alkyl halides is 2. The largest absolute Gasteiger partial charge is 0.466 e. The third-order valence-corrected chi connectivity index (χ3v) is 6.08. The van der Waals surface area contributed by atoms with E-state index in [9.17, 15) is 13.6 Å². The van der Waals surface area contributed by atoms with Gasteiger partial charge in [-0.2, -0.15) is 0 Å². The van der Waals surface area contributed by atoms with E-state index in [1.165, 1.54) is 16.2 Å². The van der Waals surface area contributed by atoms with E-state index < -0.39 is 18.4 Å². The van der Waals surface area contributed by atoms with E-state index in [4.69, 9.17) is 4.74 Å². The highest BCUT2D eigenvalue weighted by Crippen LogP contribution is 2.32. The topological polar surface area (TPSA) is 55.3 Å². The van der Waals surface area contributed by atoms with E-state index in [2.05, 4.69) is 9.97 Å². The van der Waals surface area contributed by atoms with Gasteiger partial charge in [0.1, 0.15) is 0 Å². The number of likely N-dealkylation sites (tertiary alicyclic amines) is 1. The number of aromatic nitrogens is 2. The Morgan fingerprint density at radius 2 is 2.00 bits per heavy atom. The molecule has 1 aliphatic rings. The van der Waals surface area contributed by atoms with E-state index in [0.717, 1.165) is 15.6 Å². The number of benzene rings is 2. The highest BCUT2D eigenvalue weighted by atomic mass is 32.1. The Labute approximate surface area is 174 Å². The maximum Gasteiger partial charge on any atom is 0.287 e. The number of fused-ring (bicyclic) bond motifs is 2. The van der Waals surface area contributed by atoms with Crippen LogP contribution in [-0.4, -0.2) is 45.9 Å². The first-order valence-electron chi connectivity index (χ1n) is 9.52. The van der Waals surface area contributed by atoms with Crippen molar-refractivity contribution in [2.24, 2.45) is 0 Å². The summed E-state index contributed by atoms with van der Waals surface area (Å²) in [5.74, 6) is -3.24. The number of hydrogen-bond donors (Lipinski definition) is 0. The van der Waals surface area contributed by atoms with Crippen molar-refractivity contribution in [1.29, 1.82) is 0 Å². The molecule has 0 spiro atoms. The van der Waals surface area contributed by atoms with Crippen molar-refractivity contribution in [2.45, 2.75) is 18.4 Å². The lowest BCUT2D eigenvalue weighted by atomic mass is 10.0. The number of piperidine rings is 1. The van der Waals surface area contributed by atoms with E-state index in [1.807, 2.05) is 24.3 Å². The molecule has 1 fully saturated rings. The first kappa shape index (κ1) is 18.9. The lowest BCUT2D eigenvalue weighted by Gasteiger charge is -2.38. The van der Waals surface area contributed by atoms with Crippen molar-refractivity contribution in [2.75, 3.05) is 13.1 Å². The Morgan fingerprint density at radius 3 is 2.90 bits per heavy atom. The predicted octanol–water partition coefficient (Wildman–Crippen LogP) is 4.77. The molecule has 5 rings (SSSR count). The van der Waals surface area contributed by atoms with Gasteiger partial charge in [-0.25, -0.2) is 18.7 Å². The monoisotopic (exact) mass is 425 g/mol. The molecule has 1 atom stereocenters. The summed E-state index contributed by atoms with van der Waals surface area (Å²) in [5.41, 5.74) is 3.53. The summed E-state index contributed by atoms with van der Waals surface area (Å²) in [4.78, 5) is 22.9. The van der Waals surface area contributed by atoms with Crippen molar-refractivity contribution in [3.05, 3.63) is 65.7 Å². The number of thiazole rings is 1. The normalized spacial score (nSPS) is 18.6. The van der Waals surface area contributed by atoms with Gasteiger partial charge in [0, 0.05) is 30.0 Å². The zero-order valence-corrected chi connectivity index (χ0v) is 16.6. The average molecular weight is 425 g/mol. The summed E-state index contributed by atoms with van der Waals surface area (Å²) in [6, 6.07) is 16.0. The van der Waals surface area contributed by atoms with Crippen molar-refractivity contribution in [3.63, 3.8) is 0 Å². The van der Waals surface area contributed by atoms with E-state index in [0.29, 0.717) is 11.1 Å². The standard InChI is InChI=1S/C22H17F2N3O2S/c23-22(24)9-10-27(21(28)15-5-7-18-17(11-15)25-13-30-18)12-19(22)29-20-8-6-14-3-1-2-4-16(14)26-20/h1-8,11,13,19H,9-10,12H2/t19-/m0/s1. The van der Waals surface area contributed by atoms with Gasteiger partial charge in [-0.05, 0) is 30.3 Å². The first-order chi connectivity index (χ1) is 14.5. The Hall–Kier alpha value is -3.13. The van der Waals surface area contributed by atoms with Crippen LogP contribution in [0.5, 0.6) is 5.88 Å². The summed E-state index contributed by atoms with van der Waals surface area (Å²) >= 11 is 1.48. The first-order valence-corrected chi connectivity index (χ1v) is 10.4. The highest BCUT2D eigenvalue weighted by molar-refractivity contribution is 7.16. The minimum Gasteiger partial charge on any atom is -0.466 e. The molecule has 152 valence electrons. The summed E-state index contributed by atoms with van der Waals surface area (Å²) in [6.07, 6.45) is -1.93. The van der Waals surface area contributed by atoms with Gasteiger partial charge in [-0.3, -0.25) is 4.79 Å². The molecule has 0 radical (unpaired) electrons. The van der Waals surface area contributed by atoms with Gasteiger partial charge >= 0.3 is 0 Å². The number of hydrogen-bond acceptors (Lipinski definition) is 5. The summed E-state index contributed by atoms with van der Waals surface area (Å²) in [6.45, 7) is -0.249. The van der Waals surface area contributed by atoms with Gasteiger partial charge < -0.3 is 9.64 Å². The zero-order chi connectivity index (χ0) is 20.7. The summed E-state index contributed by atoms with van der Waals surface area (Å²) < 4.78 is 35.7. The third kappa shape index (κ3) is 3.47. The molecule has 0 unspecified atom stereocenters. The minimum atomic E-state index is -3.05. The second kappa shape index (κ2) is 7.28. The molecule has 0 saturated carbocycles. The van der Waals surface area contributed by atoms with Crippen LogP contribution in [0, 0.1) is 0 Å². The molecule has 0 bridgehead atoms. The Morgan fingerprint density at radius 1 is 1.13 bits per heavy atom. The molecular weight excluding hydrogens is 408 g/mol. The van der Waals surface area contributed by atoms with Crippen LogP contribution in [0.4, 0.5) is 8.78 Å². The molecule has 3 heterocycles. The molecule has 1 amide bonds. The zero-order valence-electron chi connectivity index (χ0n) is 15.8. The molecule has 0 N–H and O–H groups in total. The molecule has 1 saturated heterocycles. The van der Waals surface area contributed by atoms with E-state index in [-0.39, 0.29) is 24.9 Å². The molecule has 2 aromatic carbocycles. The number of amides is 1. The fourth-order valence-corrected chi connectivity index (χ4v) is 4.27. The van der Waals surface area contributed by atoms with Gasteiger partial charge in [0.2, 0.25) is 5.88 Å². The maximum atomic E-state index is 14.6. The van der Waals surface area contributed by atoms with Crippen molar-refractivity contribution in [3.8, 4) is 5.88 Å². The number of ether oxygens (including phenoxy) is 1. The molecule has 1 aliphatic heterocycles. The predicted molar refractivity (Wildman–Crippen MR) is 111 cm³/mol. The van der Waals surface area contributed by atoms with Crippen LogP contribution in [0.3, 0.4) is 0 Å². The Kier molecular flexibility index (Phi) is 4.58. The number of halogens is 2. The van der Waals surface area contributed by atoms with Crippen molar-refractivity contribution in [1.82, 2.24) is 14.9 Å². The van der Waals surface area contributed by atoms with Crippen LogP contribution in [-0.2, 0) is 0 Å². The Balaban J connectivity index is 1.37. The van der Waals surface area contributed by atoms with Gasteiger partial charge in [0.05, 0.1) is 27.8 Å². The van der Waals surface area contributed by atoms with Gasteiger partial charge in [0.25, 0.3) is 11.8 Å².